The monoisotopic (exact) mass is 328 g/mol. The molecular formula is C21H19F3. The zero-order valence-corrected chi connectivity index (χ0v) is 13.9. The van der Waals surface area contributed by atoms with Gasteiger partial charge in [-0.1, -0.05) is 75.1 Å². The van der Waals surface area contributed by atoms with Gasteiger partial charge in [-0.2, -0.15) is 13.2 Å². The van der Waals surface area contributed by atoms with Crippen LogP contribution in [0.5, 0.6) is 0 Å². The van der Waals surface area contributed by atoms with Crippen molar-refractivity contribution in [3.05, 3.63) is 76.9 Å². The third-order valence-corrected chi connectivity index (χ3v) is 3.51. The maximum absolute atomic E-state index is 13.2. The van der Waals surface area contributed by atoms with E-state index in [4.69, 9.17) is 0 Å². The summed E-state index contributed by atoms with van der Waals surface area (Å²) < 4.78 is 39.6. The lowest BCUT2D eigenvalue weighted by atomic mass is 9.86. The van der Waals surface area contributed by atoms with Gasteiger partial charge >= 0.3 is 6.18 Å². The molecule has 2 aromatic rings. The second kappa shape index (κ2) is 6.97. The Morgan fingerprint density at radius 3 is 1.96 bits per heavy atom. The molecule has 3 heteroatoms. The van der Waals surface area contributed by atoms with Crippen molar-refractivity contribution in [3.63, 3.8) is 0 Å². The van der Waals surface area contributed by atoms with Gasteiger partial charge in [-0.15, -0.1) is 0 Å². The Hall–Kier alpha value is -2.47. The largest absolute Gasteiger partial charge is 0.424 e. The number of halogens is 3. The first kappa shape index (κ1) is 17.9. The molecule has 0 aromatic heterocycles. The molecule has 0 aliphatic heterocycles. The van der Waals surface area contributed by atoms with E-state index in [1.165, 1.54) is 0 Å². The minimum atomic E-state index is -4.48. The van der Waals surface area contributed by atoms with Crippen LogP contribution < -0.4 is 0 Å². The first-order valence-electron chi connectivity index (χ1n) is 7.63. The SMILES string of the molecule is CC(C)(C)c1ccc(/C=C(/C#Cc2ccccc2)C(F)(F)F)cc1. The molecule has 0 amide bonds. The fraction of sp³-hybridized carbons (Fsp3) is 0.238. The maximum atomic E-state index is 13.2. The molecule has 124 valence electrons. The van der Waals surface area contributed by atoms with Crippen molar-refractivity contribution in [2.24, 2.45) is 0 Å². The van der Waals surface area contributed by atoms with Crippen LogP contribution in [0, 0.1) is 11.8 Å². The molecule has 24 heavy (non-hydrogen) atoms. The Kier molecular flexibility index (Phi) is 5.19. The number of allylic oxidation sites excluding steroid dienone is 1. The zero-order valence-electron chi connectivity index (χ0n) is 13.9. The smallest absolute Gasteiger partial charge is 0.165 e. The number of alkyl halides is 3. The Bertz CT molecular complexity index is 762. The van der Waals surface area contributed by atoms with Crippen molar-refractivity contribution in [3.8, 4) is 11.8 Å². The van der Waals surface area contributed by atoms with Crippen LogP contribution in [0.1, 0.15) is 37.5 Å². The van der Waals surface area contributed by atoms with Crippen LogP contribution in [0.25, 0.3) is 6.08 Å². The Morgan fingerprint density at radius 2 is 1.46 bits per heavy atom. The lowest BCUT2D eigenvalue weighted by Gasteiger charge is -2.18. The second-order valence-corrected chi connectivity index (χ2v) is 6.54. The summed E-state index contributed by atoms with van der Waals surface area (Å²) in [6, 6.07) is 15.7. The Morgan fingerprint density at radius 1 is 0.875 bits per heavy atom. The summed E-state index contributed by atoms with van der Waals surface area (Å²) in [7, 11) is 0. The first-order valence-corrected chi connectivity index (χ1v) is 7.63. The summed E-state index contributed by atoms with van der Waals surface area (Å²) in [6.07, 6.45) is -3.40. The van der Waals surface area contributed by atoms with E-state index in [-0.39, 0.29) is 5.41 Å². The predicted molar refractivity (Wildman–Crippen MR) is 92.5 cm³/mol. The van der Waals surface area contributed by atoms with E-state index >= 15 is 0 Å². The number of benzene rings is 2. The number of hydrogen-bond donors (Lipinski definition) is 0. The summed E-state index contributed by atoms with van der Waals surface area (Å²) >= 11 is 0. The molecule has 0 bridgehead atoms. The third kappa shape index (κ3) is 5.03. The van der Waals surface area contributed by atoms with E-state index in [0.717, 1.165) is 11.6 Å². The molecule has 2 aromatic carbocycles. The topological polar surface area (TPSA) is 0 Å². The van der Waals surface area contributed by atoms with E-state index in [1.54, 1.807) is 42.5 Å². The molecular weight excluding hydrogens is 309 g/mol. The standard InChI is InChI=1S/C21H19F3/c1-20(2,3)18-12-10-17(11-13-18)15-19(21(22,23)24)14-9-16-7-5-4-6-8-16/h4-8,10-13,15H,1-3H3/b19-15-. The molecule has 0 fully saturated rings. The van der Waals surface area contributed by atoms with Crippen molar-refractivity contribution < 1.29 is 13.2 Å². The van der Waals surface area contributed by atoms with Gasteiger partial charge in [0.05, 0.1) is 0 Å². The van der Waals surface area contributed by atoms with Crippen LogP contribution >= 0.6 is 0 Å². The quantitative estimate of drug-likeness (QED) is 0.565. The third-order valence-electron chi connectivity index (χ3n) is 3.51. The maximum Gasteiger partial charge on any atom is 0.424 e. The molecule has 0 spiro atoms. The Labute approximate surface area is 141 Å². The van der Waals surface area contributed by atoms with Crippen LogP contribution in [0.3, 0.4) is 0 Å². The minimum absolute atomic E-state index is 0.0395. The van der Waals surface area contributed by atoms with Gasteiger partial charge in [-0.05, 0) is 34.8 Å². The van der Waals surface area contributed by atoms with Crippen molar-refractivity contribution >= 4 is 6.08 Å². The Balaban J connectivity index is 2.35. The lowest BCUT2D eigenvalue weighted by Crippen LogP contribution is -2.11. The van der Waals surface area contributed by atoms with Crippen LogP contribution in [0.2, 0.25) is 0 Å². The summed E-state index contributed by atoms with van der Waals surface area (Å²) in [6.45, 7) is 6.18. The molecule has 0 unspecified atom stereocenters. The van der Waals surface area contributed by atoms with Crippen molar-refractivity contribution in [1.29, 1.82) is 0 Å². The van der Waals surface area contributed by atoms with Crippen LogP contribution in [0.4, 0.5) is 13.2 Å². The molecule has 0 saturated heterocycles. The van der Waals surface area contributed by atoms with E-state index in [1.807, 2.05) is 12.1 Å². The summed E-state index contributed by atoms with van der Waals surface area (Å²) in [4.78, 5) is 0. The minimum Gasteiger partial charge on any atom is -0.165 e. The van der Waals surface area contributed by atoms with Crippen LogP contribution in [-0.2, 0) is 5.41 Å². The molecule has 0 nitrogen and oxygen atoms in total. The molecule has 0 saturated carbocycles. The molecule has 0 N–H and O–H groups in total. The summed E-state index contributed by atoms with van der Waals surface area (Å²) in [5, 5.41) is 0. The van der Waals surface area contributed by atoms with Crippen LogP contribution in [-0.4, -0.2) is 6.18 Å². The van der Waals surface area contributed by atoms with Gasteiger partial charge in [0.15, 0.2) is 0 Å². The van der Waals surface area contributed by atoms with Gasteiger partial charge in [-0.3, -0.25) is 0 Å². The highest BCUT2D eigenvalue weighted by atomic mass is 19.4. The lowest BCUT2D eigenvalue weighted by molar-refractivity contribution is -0.0863. The molecule has 2 rings (SSSR count). The van der Waals surface area contributed by atoms with Crippen molar-refractivity contribution in [2.75, 3.05) is 0 Å². The first-order chi connectivity index (χ1) is 11.2. The number of hydrogen-bond acceptors (Lipinski definition) is 0. The van der Waals surface area contributed by atoms with Crippen molar-refractivity contribution in [1.82, 2.24) is 0 Å². The van der Waals surface area contributed by atoms with Crippen LogP contribution in [0.15, 0.2) is 60.2 Å². The van der Waals surface area contributed by atoms with Gasteiger partial charge < -0.3 is 0 Å². The second-order valence-electron chi connectivity index (χ2n) is 6.54. The molecule has 0 radical (unpaired) electrons. The van der Waals surface area contributed by atoms with Gasteiger partial charge in [-0.25, -0.2) is 0 Å². The molecule has 0 aliphatic carbocycles. The molecule has 0 atom stereocenters. The fourth-order valence-electron chi connectivity index (χ4n) is 2.10. The van der Waals surface area contributed by atoms with E-state index in [9.17, 15) is 13.2 Å². The highest BCUT2D eigenvalue weighted by molar-refractivity contribution is 5.61. The summed E-state index contributed by atoms with van der Waals surface area (Å²) in [5.41, 5.74) is 1.22. The highest BCUT2D eigenvalue weighted by Crippen LogP contribution is 2.28. The average molecular weight is 328 g/mol. The van der Waals surface area contributed by atoms with Crippen molar-refractivity contribution in [2.45, 2.75) is 32.4 Å². The predicted octanol–water partition coefficient (Wildman–Crippen LogP) is 5.98. The zero-order chi connectivity index (χ0) is 17.8. The molecule has 0 aliphatic rings. The average Bonchev–Trinajstić information content (AvgIpc) is 2.51. The van der Waals surface area contributed by atoms with E-state index < -0.39 is 11.7 Å². The van der Waals surface area contributed by atoms with Gasteiger partial charge in [0.2, 0.25) is 0 Å². The van der Waals surface area contributed by atoms with E-state index in [2.05, 4.69) is 32.6 Å². The fourth-order valence-corrected chi connectivity index (χ4v) is 2.10. The number of rotatable bonds is 1. The van der Waals surface area contributed by atoms with E-state index in [0.29, 0.717) is 11.1 Å². The normalized spacial score (nSPS) is 12.5. The van der Waals surface area contributed by atoms with Gasteiger partial charge in [0.25, 0.3) is 0 Å². The highest BCUT2D eigenvalue weighted by Gasteiger charge is 2.32. The van der Waals surface area contributed by atoms with Gasteiger partial charge in [0.1, 0.15) is 5.57 Å². The summed E-state index contributed by atoms with van der Waals surface area (Å²) in [5.74, 6) is 4.82. The van der Waals surface area contributed by atoms with Gasteiger partial charge in [0, 0.05) is 5.56 Å². The molecule has 0 heterocycles.